The zero-order valence-corrected chi connectivity index (χ0v) is 16.3. The maximum atomic E-state index is 14.5. The van der Waals surface area contributed by atoms with Crippen LogP contribution in [0.15, 0.2) is 42.6 Å². The lowest BCUT2D eigenvalue weighted by Crippen LogP contribution is -2.47. The molecule has 0 aliphatic carbocycles. The summed E-state index contributed by atoms with van der Waals surface area (Å²) in [6.07, 6.45) is 0.950. The third-order valence-corrected chi connectivity index (χ3v) is 5.65. The van der Waals surface area contributed by atoms with Crippen molar-refractivity contribution in [2.24, 2.45) is 0 Å². The highest BCUT2D eigenvalue weighted by Gasteiger charge is 2.37. The van der Waals surface area contributed by atoms with E-state index in [0.717, 1.165) is 5.56 Å². The minimum Gasteiger partial charge on any atom is -0.337 e. The zero-order valence-electron chi connectivity index (χ0n) is 16.3. The Bertz CT molecular complexity index is 1110. The van der Waals surface area contributed by atoms with Gasteiger partial charge in [0.25, 0.3) is 11.8 Å². The van der Waals surface area contributed by atoms with Crippen LogP contribution in [0.4, 0.5) is 10.2 Å². The van der Waals surface area contributed by atoms with E-state index in [0.29, 0.717) is 18.8 Å². The maximum Gasteiger partial charge on any atom is 0.291 e. The van der Waals surface area contributed by atoms with E-state index in [-0.39, 0.29) is 30.0 Å². The number of aromatic nitrogens is 5. The molecule has 1 N–H and O–H groups in total. The van der Waals surface area contributed by atoms with Crippen molar-refractivity contribution in [2.75, 3.05) is 11.9 Å². The molecule has 154 valence electrons. The molecule has 0 saturated carbocycles. The van der Waals surface area contributed by atoms with E-state index in [1.807, 2.05) is 30.3 Å². The molecule has 0 fully saturated rings. The summed E-state index contributed by atoms with van der Waals surface area (Å²) in [5.41, 5.74) is 0.908. The second kappa shape index (κ2) is 7.05. The number of hydrogen-bond donors (Lipinski definition) is 1. The molecular weight excluding hydrogens is 389 g/mol. The highest BCUT2D eigenvalue weighted by Crippen LogP contribution is 2.39. The van der Waals surface area contributed by atoms with Gasteiger partial charge in [-0.25, -0.2) is 18.7 Å². The van der Waals surface area contributed by atoms with E-state index in [1.165, 1.54) is 9.58 Å². The van der Waals surface area contributed by atoms with Crippen LogP contribution in [0, 0.1) is 0 Å². The Balaban J connectivity index is 1.36. The Labute approximate surface area is 171 Å². The fourth-order valence-electron chi connectivity index (χ4n) is 4.09. The SMILES string of the molecule is CN1C(=O)[C@@H](NC(=O)c2nc3n(n2)[C@@H](c2ccccc2)C[C@@H]3F)CCn2nccc21. The number of rotatable bonds is 3. The van der Waals surface area contributed by atoms with Crippen molar-refractivity contribution in [1.82, 2.24) is 29.9 Å². The second-order valence-electron chi connectivity index (χ2n) is 7.49. The molecule has 2 aliphatic heterocycles. The van der Waals surface area contributed by atoms with Crippen LogP contribution >= 0.6 is 0 Å². The van der Waals surface area contributed by atoms with Crippen molar-refractivity contribution in [2.45, 2.75) is 37.6 Å². The third-order valence-electron chi connectivity index (χ3n) is 5.65. The van der Waals surface area contributed by atoms with Crippen molar-refractivity contribution in [1.29, 1.82) is 0 Å². The minimum absolute atomic E-state index is 0.134. The maximum absolute atomic E-state index is 14.5. The van der Waals surface area contributed by atoms with E-state index in [9.17, 15) is 14.0 Å². The molecule has 10 heteroatoms. The molecule has 5 rings (SSSR count). The predicted octanol–water partition coefficient (Wildman–Crippen LogP) is 1.64. The standard InChI is InChI=1S/C20H20FN7O2/c1-26-16-7-9-22-27(16)10-8-14(20(26)30)23-19(29)17-24-18-13(21)11-15(28(18)25-17)12-5-3-2-4-6-12/h2-7,9,13-15H,8,10-11H2,1H3,(H,23,29)/t13-,14-,15+/m0/s1. The lowest BCUT2D eigenvalue weighted by molar-refractivity contribution is -0.120. The number of aryl methyl sites for hydroxylation is 1. The van der Waals surface area contributed by atoms with Gasteiger partial charge in [-0.05, 0) is 12.0 Å². The van der Waals surface area contributed by atoms with Crippen LogP contribution in [0.1, 0.15) is 47.1 Å². The molecule has 3 atom stereocenters. The van der Waals surface area contributed by atoms with Gasteiger partial charge >= 0.3 is 0 Å². The van der Waals surface area contributed by atoms with E-state index >= 15 is 0 Å². The predicted molar refractivity (Wildman–Crippen MR) is 105 cm³/mol. The number of hydrogen-bond acceptors (Lipinski definition) is 5. The molecule has 0 unspecified atom stereocenters. The Morgan fingerprint density at radius 2 is 2.03 bits per heavy atom. The molecule has 2 aromatic heterocycles. The first-order valence-corrected chi connectivity index (χ1v) is 9.78. The highest BCUT2D eigenvalue weighted by molar-refractivity contribution is 6.00. The summed E-state index contributed by atoms with van der Waals surface area (Å²) in [5, 5.41) is 11.2. The summed E-state index contributed by atoms with van der Waals surface area (Å²) >= 11 is 0. The number of benzene rings is 1. The number of amides is 2. The van der Waals surface area contributed by atoms with Crippen molar-refractivity contribution in [3.05, 3.63) is 59.8 Å². The molecule has 0 spiro atoms. The van der Waals surface area contributed by atoms with Gasteiger partial charge in [0.1, 0.15) is 11.9 Å². The van der Waals surface area contributed by atoms with Crippen LogP contribution in [0.3, 0.4) is 0 Å². The summed E-state index contributed by atoms with van der Waals surface area (Å²) < 4.78 is 17.7. The van der Waals surface area contributed by atoms with Gasteiger partial charge in [-0.1, -0.05) is 30.3 Å². The second-order valence-corrected chi connectivity index (χ2v) is 7.49. The Morgan fingerprint density at radius 3 is 2.83 bits per heavy atom. The minimum atomic E-state index is -1.30. The molecule has 1 aromatic carbocycles. The van der Waals surface area contributed by atoms with Crippen LogP contribution in [0.5, 0.6) is 0 Å². The van der Waals surface area contributed by atoms with E-state index in [2.05, 4.69) is 20.5 Å². The zero-order chi connectivity index (χ0) is 20.8. The molecule has 3 aromatic rings. The van der Waals surface area contributed by atoms with Crippen molar-refractivity contribution in [3.8, 4) is 0 Å². The largest absolute Gasteiger partial charge is 0.337 e. The van der Waals surface area contributed by atoms with Gasteiger partial charge in [0.15, 0.2) is 12.0 Å². The summed E-state index contributed by atoms with van der Waals surface area (Å²) in [4.78, 5) is 31.1. The molecule has 0 saturated heterocycles. The highest BCUT2D eigenvalue weighted by atomic mass is 19.1. The number of likely N-dealkylation sites (N-methyl/N-ethyl adjacent to an activating group) is 1. The van der Waals surface area contributed by atoms with Crippen LogP contribution < -0.4 is 10.2 Å². The van der Waals surface area contributed by atoms with Gasteiger partial charge < -0.3 is 5.32 Å². The molecule has 4 heterocycles. The number of carbonyl (C=O) groups excluding carboxylic acids is 2. The van der Waals surface area contributed by atoms with Gasteiger partial charge in [-0.3, -0.25) is 14.5 Å². The van der Waals surface area contributed by atoms with Gasteiger partial charge in [-0.2, -0.15) is 5.10 Å². The van der Waals surface area contributed by atoms with Crippen LogP contribution in [-0.4, -0.2) is 49.4 Å². The van der Waals surface area contributed by atoms with Gasteiger partial charge in [0.2, 0.25) is 5.82 Å². The molecule has 0 radical (unpaired) electrons. The number of halogens is 1. The van der Waals surface area contributed by atoms with Crippen molar-refractivity contribution >= 4 is 17.6 Å². The van der Waals surface area contributed by atoms with Crippen molar-refractivity contribution < 1.29 is 14.0 Å². The number of nitrogens with one attached hydrogen (secondary N) is 1. The van der Waals surface area contributed by atoms with Crippen LogP contribution in [0.25, 0.3) is 0 Å². The number of nitrogens with zero attached hydrogens (tertiary/aromatic N) is 6. The molecule has 2 aliphatic rings. The molecule has 9 nitrogen and oxygen atoms in total. The number of alkyl halides is 1. The molecule has 0 bridgehead atoms. The van der Waals surface area contributed by atoms with Gasteiger partial charge in [-0.15, -0.1) is 5.10 Å². The normalized spacial score (nSPS) is 23.1. The van der Waals surface area contributed by atoms with Gasteiger partial charge in [0, 0.05) is 26.1 Å². The first-order chi connectivity index (χ1) is 14.5. The van der Waals surface area contributed by atoms with Gasteiger partial charge in [0.05, 0.1) is 12.2 Å². The van der Waals surface area contributed by atoms with E-state index in [1.54, 1.807) is 24.0 Å². The summed E-state index contributed by atoms with van der Waals surface area (Å²) in [5.74, 6) is -0.173. The summed E-state index contributed by atoms with van der Waals surface area (Å²) in [6, 6.07) is 10.1. The van der Waals surface area contributed by atoms with Crippen LogP contribution in [0.2, 0.25) is 0 Å². The lowest BCUT2D eigenvalue weighted by atomic mass is 10.0. The topological polar surface area (TPSA) is 97.9 Å². The smallest absolute Gasteiger partial charge is 0.291 e. The first kappa shape index (κ1) is 18.5. The average Bonchev–Trinajstić information content (AvgIpc) is 3.45. The van der Waals surface area contributed by atoms with Crippen LogP contribution in [-0.2, 0) is 11.3 Å². The van der Waals surface area contributed by atoms with Crippen molar-refractivity contribution in [3.63, 3.8) is 0 Å². The molecular formula is C20H20FN7O2. The monoisotopic (exact) mass is 409 g/mol. The number of fused-ring (bicyclic) bond motifs is 2. The van der Waals surface area contributed by atoms with E-state index < -0.39 is 18.1 Å². The Hall–Kier alpha value is -3.56. The quantitative estimate of drug-likeness (QED) is 0.709. The lowest BCUT2D eigenvalue weighted by Gasteiger charge is -2.19. The Morgan fingerprint density at radius 1 is 1.23 bits per heavy atom. The third kappa shape index (κ3) is 2.95. The molecule has 30 heavy (non-hydrogen) atoms. The fraction of sp³-hybridized carbons (Fsp3) is 0.350. The average molecular weight is 409 g/mol. The van der Waals surface area contributed by atoms with E-state index in [4.69, 9.17) is 0 Å². The molecule has 2 amide bonds. The number of anilines is 1. The number of carbonyl (C=O) groups is 2. The summed E-state index contributed by atoms with van der Waals surface area (Å²) in [6.45, 7) is 0.485. The Kier molecular flexibility index (Phi) is 4.34. The summed E-state index contributed by atoms with van der Waals surface area (Å²) in [7, 11) is 1.64. The fourth-order valence-corrected chi connectivity index (χ4v) is 4.09. The first-order valence-electron chi connectivity index (χ1n) is 9.78.